The van der Waals surface area contributed by atoms with Crippen molar-refractivity contribution < 1.29 is 4.79 Å². The molecule has 0 unspecified atom stereocenters. The summed E-state index contributed by atoms with van der Waals surface area (Å²) >= 11 is 0. The predicted octanol–water partition coefficient (Wildman–Crippen LogP) is 0.150. The first kappa shape index (κ1) is 9.01. The monoisotopic (exact) mass is 142 g/mol. The van der Waals surface area contributed by atoms with E-state index in [1.54, 1.807) is 20.3 Å². The predicted molar refractivity (Wildman–Crippen MR) is 41.5 cm³/mol. The van der Waals surface area contributed by atoms with Crippen molar-refractivity contribution in [2.24, 2.45) is 0 Å². The second-order valence-corrected chi connectivity index (χ2v) is 2.51. The van der Waals surface area contributed by atoms with E-state index in [1.807, 2.05) is 19.0 Å². The molecule has 0 aliphatic heterocycles. The summed E-state index contributed by atoms with van der Waals surface area (Å²) in [6.07, 6.45) is 3.25. The van der Waals surface area contributed by atoms with Gasteiger partial charge in [0.1, 0.15) is 0 Å². The molecule has 0 bridgehead atoms. The van der Waals surface area contributed by atoms with Gasteiger partial charge in [-0.2, -0.15) is 0 Å². The Morgan fingerprint density at radius 3 is 2.00 bits per heavy atom. The van der Waals surface area contributed by atoms with Crippen LogP contribution in [0.5, 0.6) is 0 Å². The van der Waals surface area contributed by atoms with Crippen molar-refractivity contribution in [3.05, 3.63) is 12.3 Å². The molecule has 0 radical (unpaired) electrons. The number of carbonyl (C=O) groups is 1. The molecule has 1 amide bonds. The van der Waals surface area contributed by atoms with Gasteiger partial charge in [-0.1, -0.05) is 0 Å². The molecule has 3 heteroatoms. The van der Waals surface area contributed by atoms with Crippen LogP contribution in [0.15, 0.2) is 12.3 Å². The molecule has 0 heterocycles. The van der Waals surface area contributed by atoms with Gasteiger partial charge >= 0.3 is 0 Å². The van der Waals surface area contributed by atoms with Gasteiger partial charge in [0.25, 0.3) is 0 Å². The molecule has 0 aliphatic carbocycles. The Balaban J connectivity index is 3.79. The van der Waals surface area contributed by atoms with Crippen molar-refractivity contribution in [3.8, 4) is 0 Å². The van der Waals surface area contributed by atoms with Crippen molar-refractivity contribution in [2.75, 3.05) is 28.2 Å². The van der Waals surface area contributed by atoms with Crippen LogP contribution in [0.2, 0.25) is 0 Å². The highest BCUT2D eigenvalue weighted by Crippen LogP contribution is 1.82. The van der Waals surface area contributed by atoms with Gasteiger partial charge in [-0.05, 0) is 0 Å². The first-order chi connectivity index (χ1) is 4.54. The average molecular weight is 142 g/mol. The molecule has 0 fully saturated rings. The molecule has 0 spiro atoms. The number of hydrogen-bond donors (Lipinski definition) is 0. The highest BCUT2D eigenvalue weighted by molar-refractivity contribution is 5.86. The lowest BCUT2D eigenvalue weighted by Gasteiger charge is -2.07. The maximum absolute atomic E-state index is 10.9. The normalized spacial score (nSPS) is 10.0. The molecular formula is C7H14N2O. The number of hydrogen-bond acceptors (Lipinski definition) is 2. The minimum Gasteiger partial charge on any atom is -0.383 e. The SMILES string of the molecule is CN(C)C=CC(=O)N(C)C. The molecule has 58 valence electrons. The van der Waals surface area contributed by atoms with Crippen LogP contribution >= 0.6 is 0 Å². The van der Waals surface area contributed by atoms with E-state index >= 15 is 0 Å². The molecule has 0 aromatic carbocycles. The number of nitrogens with zero attached hydrogens (tertiary/aromatic N) is 2. The molecule has 10 heavy (non-hydrogen) atoms. The highest BCUT2D eigenvalue weighted by Gasteiger charge is 1.95. The Bertz CT molecular complexity index is 139. The highest BCUT2D eigenvalue weighted by atomic mass is 16.2. The lowest BCUT2D eigenvalue weighted by atomic mass is 10.5. The van der Waals surface area contributed by atoms with Crippen molar-refractivity contribution in [1.82, 2.24) is 9.80 Å². The van der Waals surface area contributed by atoms with Crippen LogP contribution in [-0.4, -0.2) is 43.9 Å². The third-order valence-corrected chi connectivity index (χ3v) is 0.956. The molecule has 0 aromatic heterocycles. The van der Waals surface area contributed by atoms with E-state index in [0.29, 0.717) is 0 Å². The minimum atomic E-state index is 0.00806. The Morgan fingerprint density at radius 1 is 1.20 bits per heavy atom. The van der Waals surface area contributed by atoms with Gasteiger partial charge in [-0.3, -0.25) is 4.79 Å². The van der Waals surface area contributed by atoms with E-state index in [2.05, 4.69) is 0 Å². The molecule has 0 saturated heterocycles. The molecule has 0 atom stereocenters. The van der Waals surface area contributed by atoms with Crippen LogP contribution in [0, 0.1) is 0 Å². The van der Waals surface area contributed by atoms with Crippen LogP contribution in [0.25, 0.3) is 0 Å². The maximum atomic E-state index is 10.9. The lowest BCUT2D eigenvalue weighted by molar-refractivity contribution is -0.123. The van der Waals surface area contributed by atoms with Crippen LogP contribution in [0.3, 0.4) is 0 Å². The largest absolute Gasteiger partial charge is 0.383 e. The molecule has 0 aliphatic rings. The van der Waals surface area contributed by atoms with Gasteiger partial charge in [0.15, 0.2) is 0 Å². The molecular weight excluding hydrogens is 128 g/mol. The van der Waals surface area contributed by atoms with E-state index in [9.17, 15) is 4.79 Å². The molecule has 0 rings (SSSR count). The zero-order valence-corrected chi connectivity index (χ0v) is 6.96. The zero-order valence-electron chi connectivity index (χ0n) is 6.96. The zero-order chi connectivity index (χ0) is 8.15. The van der Waals surface area contributed by atoms with Crippen LogP contribution in [0.1, 0.15) is 0 Å². The summed E-state index contributed by atoms with van der Waals surface area (Å²) < 4.78 is 0. The molecule has 0 N–H and O–H groups in total. The Morgan fingerprint density at radius 2 is 1.70 bits per heavy atom. The number of likely N-dealkylation sites (N-methyl/N-ethyl adjacent to an activating group) is 1. The summed E-state index contributed by atoms with van der Waals surface area (Å²) in [5.74, 6) is 0.00806. The van der Waals surface area contributed by atoms with Crippen molar-refractivity contribution in [2.45, 2.75) is 0 Å². The number of amides is 1. The van der Waals surface area contributed by atoms with Gasteiger partial charge in [0, 0.05) is 40.5 Å². The molecule has 3 nitrogen and oxygen atoms in total. The van der Waals surface area contributed by atoms with E-state index in [-0.39, 0.29) is 5.91 Å². The first-order valence-corrected chi connectivity index (χ1v) is 3.10. The van der Waals surface area contributed by atoms with Crippen molar-refractivity contribution >= 4 is 5.91 Å². The number of carbonyl (C=O) groups excluding carboxylic acids is 1. The topological polar surface area (TPSA) is 23.6 Å². The van der Waals surface area contributed by atoms with E-state index < -0.39 is 0 Å². The second kappa shape index (κ2) is 3.93. The first-order valence-electron chi connectivity index (χ1n) is 3.10. The third kappa shape index (κ3) is 3.95. The summed E-state index contributed by atoms with van der Waals surface area (Å²) in [4.78, 5) is 14.2. The summed E-state index contributed by atoms with van der Waals surface area (Å²) in [6, 6.07) is 0. The van der Waals surface area contributed by atoms with Gasteiger partial charge in [-0.25, -0.2) is 0 Å². The third-order valence-electron chi connectivity index (χ3n) is 0.956. The average Bonchev–Trinajstić information content (AvgIpc) is 1.82. The Labute approximate surface area is 61.9 Å². The summed E-state index contributed by atoms with van der Waals surface area (Å²) in [5, 5.41) is 0. The van der Waals surface area contributed by atoms with E-state index in [0.717, 1.165) is 0 Å². The van der Waals surface area contributed by atoms with Gasteiger partial charge in [0.2, 0.25) is 5.91 Å². The van der Waals surface area contributed by atoms with Crippen LogP contribution in [-0.2, 0) is 4.79 Å². The van der Waals surface area contributed by atoms with E-state index in [4.69, 9.17) is 0 Å². The Hall–Kier alpha value is -0.990. The fraction of sp³-hybridized carbons (Fsp3) is 0.571. The molecule has 0 saturated carbocycles. The fourth-order valence-corrected chi connectivity index (χ4v) is 0.362. The summed E-state index contributed by atoms with van der Waals surface area (Å²) in [6.45, 7) is 0. The van der Waals surface area contributed by atoms with Gasteiger partial charge in [0.05, 0.1) is 0 Å². The lowest BCUT2D eigenvalue weighted by Crippen LogP contribution is -2.19. The van der Waals surface area contributed by atoms with E-state index in [1.165, 1.54) is 11.0 Å². The summed E-state index contributed by atoms with van der Waals surface area (Å²) in [5.41, 5.74) is 0. The van der Waals surface area contributed by atoms with Gasteiger partial charge in [-0.15, -0.1) is 0 Å². The number of rotatable bonds is 2. The quantitative estimate of drug-likeness (QED) is 0.512. The van der Waals surface area contributed by atoms with Crippen LogP contribution in [0.4, 0.5) is 0 Å². The second-order valence-electron chi connectivity index (χ2n) is 2.51. The van der Waals surface area contributed by atoms with Gasteiger partial charge < -0.3 is 9.80 Å². The molecule has 0 aromatic rings. The summed E-state index contributed by atoms with van der Waals surface area (Å²) in [7, 11) is 7.20. The van der Waals surface area contributed by atoms with Crippen LogP contribution < -0.4 is 0 Å². The van der Waals surface area contributed by atoms with Crippen molar-refractivity contribution in [3.63, 3.8) is 0 Å². The minimum absolute atomic E-state index is 0.00806. The smallest absolute Gasteiger partial charge is 0.247 e. The Kier molecular flexibility index (Phi) is 3.54. The standard InChI is InChI=1S/C7H14N2O/c1-8(2)6-5-7(10)9(3)4/h5-6H,1-4H3. The van der Waals surface area contributed by atoms with Crippen molar-refractivity contribution in [1.29, 1.82) is 0 Å². The maximum Gasteiger partial charge on any atom is 0.247 e. The fourth-order valence-electron chi connectivity index (χ4n) is 0.362.